The van der Waals surface area contributed by atoms with Crippen LogP contribution in [-0.2, 0) is 16.1 Å². The van der Waals surface area contributed by atoms with Crippen LogP contribution in [0.2, 0.25) is 0 Å². The number of carbonyl (C=O) groups excluding carboxylic acids is 2. The number of anilines is 2. The van der Waals surface area contributed by atoms with Gasteiger partial charge in [0.15, 0.2) is 0 Å². The number of carbonyl (C=O) groups is 2. The molecule has 1 heterocycles. The minimum Gasteiger partial charge on any atom is -0.323 e. The van der Waals surface area contributed by atoms with Gasteiger partial charge in [-0.1, -0.05) is 30.3 Å². The first-order chi connectivity index (χ1) is 12.0. The highest BCUT2D eigenvalue weighted by Crippen LogP contribution is 2.29. The molecular formula is C19H20FN3O2. The second-order valence-electron chi connectivity index (χ2n) is 6.17. The van der Waals surface area contributed by atoms with Gasteiger partial charge in [-0.2, -0.15) is 0 Å². The molecule has 0 spiro atoms. The van der Waals surface area contributed by atoms with Crippen LogP contribution in [0.4, 0.5) is 15.8 Å². The topological polar surface area (TPSA) is 52.7 Å². The summed E-state index contributed by atoms with van der Waals surface area (Å²) in [5.41, 5.74) is 1.83. The fraction of sp³-hybridized carbons (Fsp3) is 0.263. The highest BCUT2D eigenvalue weighted by molar-refractivity contribution is 6.11. The van der Waals surface area contributed by atoms with Gasteiger partial charge in [0.2, 0.25) is 11.8 Å². The molecule has 1 N–H and O–H groups in total. The van der Waals surface area contributed by atoms with Crippen molar-refractivity contribution in [3.8, 4) is 0 Å². The molecule has 5 nitrogen and oxygen atoms in total. The van der Waals surface area contributed by atoms with Crippen LogP contribution in [0.25, 0.3) is 0 Å². The number of nitrogens with one attached hydrogen (secondary N) is 1. The zero-order valence-corrected chi connectivity index (χ0v) is 14.2. The van der Waals surface area contributed by atoms with Crippen molar-refractivity contribution in [1.29, 1.82) is 0 Å². The Labute approximate surface area is 146 Å². The second-order valence-corrected chi connectivity index (χ2v) is 6.17. The normalized spacial score (nSPS) is 14.9. The second kappa shape index (κ2) is 7.03. The maximum atomic E-state index is 13.8. The first-order valence-electron chi connectivity index (χ1n) is 8.11. The van der Waals surface area contributed by atoms with E-state index >= 15 is 0 Å². The summed E-state index contributed by atoms with van der Waals surface area (Å²) in [7, 11) is 1.77. The average Bonchev–Trinajstić information content (AvgIpc) is 2.61. The number of hydrogen-bond acceptors (Lipinski definition) is 3. The fourth-order valence-corrected chi connectivity index (χ4v) is 2.88. The molecule has 1 unspecified atom stereocenters. The molecular weight excluding hydrogens is 321 g/mol. The Hall–Kier alpha value is -2.73. The Morgan fingerprint density at radius 2 is 1.92 bits per heavy atom. The number of fused-ring (bicyclic) bond motifs is 1. The van der Waals surface area contributed by atoms with E-state index in [0.29, 0.717) is 23.5 Å². The summed E-state index contributed by atoms with van der Waals surface area (Å²) < 4.78 is 13.8. The minimum absolute atomic E-state index is 0.0201. The van der Waals surface area contributed by atoms with E-state index in [2.05, 4.69) is 5.32 Å². The number of hydrogen-bond donors (Lipinski definition) is 1. The Bertz CT molecular complexity index is 809. The number of nitrogens with zero attached hydrogens (tertiary/aromatic N) is 2. The summed E-state index contributed by atoms with van der Waals surface area (Å²) in [6.07, 6.45) is 0. The summed E-state index contributed by atoms with van der Waals surface area (Å²) in [6, 6.07) is 13.2. The van der Waals surface area contributed by atoms with Crippen molar-refractivity contribution >= 4 is 23.2 Å². The lowest BCUT2D eigenvalue weighted by atomic mass is 10.1. The molecule has 1 aliphatic heterocycles. The number of amides is 2. The predicted molar refractivity (Wildman–Crippen MR) is 94.8 cm³/mol. The van der Waals surface area contributed by atoms with E-state index in [4.69, 9.17) is 0 Å². The summed E-state index contributed by atoms with van der Waals surface area (Å²) in [4.78, 5) is 28.1. The van der Waals surface area contributed by atoms with Gasteiger partial charge in [-0.05, 0) is 32.2 Å². The Kier molecular flexibility index (Phi) is 4.81. The molecule has 1 atom stereocenters. The lowest BCUT2D eigenvalue weighted by Gasteiger charge is -2.33. The van der Waals surface area contributed by atoms with Crippen LogP contribution in [0.15, 0.2) is 48.5 Å². The third-order valence-electron chi connectivity index (χ3n) is 4.43. The smallest absolute Gasteiger partial charge is 0.244 e. The van der Waals surface area contributed by atoms with E-state index in [9.17, 15) is 14.0 Å². The predicted octanol–water partition coefficient (Wildman–Crippen LogP) is 2.63. The van der Waals surface area contributed by atoms with Gasteiger partial charge in [-0.3, -0.25) is 19.4 Å². The molecule has 0 saturated heterocycles. The molecule has 0 aromatic heterocycles. The van der Waals surface area contributed by atoms with Crippen molar-refractivity contribution in [3.63, 3.8) is 0 Å². The molecule has 2 aromatic rings. The molecule has 130 valence electrons. The standard InChI is InChI=1S/C19H20FN3O2/c1-13(22(2)11-14-7-3-4-8-15(14)20)19(25)23-12-18(24)21-16-9-5-6-10-17(16)23/h3-10,13H,11-12H2,1-2H3,(H,21,24). The van der Waals surface area contributed by atoms with Gasteiger partial charge in [0.05, 0.1) is 17.4 Å². The van der Waals surface area contributed by atoms with E-state index in [0.717, 1.165) is 0 Å². The molecule has 1 aliphatic rings. The zero-order chi connectivity index (χ0) is 18.0. The summed E-state index contributed by atoms with van der Waals surface area (Å²) in [5, 5.41) is 2.76. The van der Waals surface area contributed by atoms with Gasteiger partial charge in [0.1, 0.15) is 12.4 Å². The number of rotatable bonds is 4. The van der Waals surface area contributed by atoms with E-state index < -0.39 is 6.04 Å². The van der Waals surface area contributed by atoms with Crippen LogP contribution in [0, 0.1) is 5.82 Å². The third kappa shape index (κ3) is 3.53. The molecule has 0 saturated carbocycles. The van der Waals surface area contributed by atoms with E-state index in [-0.39, 0.29) is 24.2 Å². The molecule has 0 bridgehead atoms. The first-order valence-corrected chi connectivity index (χ1v) is 8.11. The van der Waals surface area contributed by atoms with Crippen molar-refractivity contribution in [2.45, 2.75) is 19.5 Å². The fourth-order valence-electron chi connectivity index (χ4n) is 2.88. The lowest BCUT2D eigenvalue weighted by molar-refractivity contribution is -0.125. The zero-order valence-electron chi connectivity index (χ0n) is 14.2. The number of para-hydroxylation sites is 2. The van der Waals surface area contributed by atoms with Crippen molar-refractivity contribution in [2.24, 2.45) is 0 Å². The third-order valence-corrected chi connectivity index (χ3v) is 4.43. The van der Waals surface area contributed by atoms with Crippen molar-refractivity contribution < 1.29 is 14.0 Å². The maximum Gasteiger partial charge on any atom is 0.244 e. The van der Waals surface area contributed by atoms with Gasteiger partial charge in [0.25, 0.3) is 0 Å². The van der Waals surface area contributed by atoms with Gasteiger partial charge in [0, 0.05) is 12.1 Å². The van der Waals surface area contributed by atoms with Crippen molar-refractivity contribution in [2.75, 3.05) is 23.8 Å². The molecule has 0 radical (unpaired) electrons. The summed E-state index contributed by atoms with van der Waals surface area (Å²) in [6.45, 7) is 2.05. The van der Waals surface area contributed by atoms with E-state index in [1.165, 1.54) is 11.0 Å². The van der Waals surface area contributed by atoms with Gasteiger partial charge in [-0.15, -0.1) is 0 Å². The number of benzene rings is 2. The van der Waals surface area contributed by atoms with Crippen LogP contribution in [0.5, 0.6) is 0 Å². The average molecular weight is 341 g/mol. The van der Waals surface area contributed by atoms with Crippen molar-refractivity contribution in [3.05, 3.63) is 59.9 Å². The van der Waals surface area contributed by atoms with Crippen LogP contribution in [0.3, 0.4) is 0 Å². The Morgan fingerprint density at radius 1 is 1.24 bits per heavy atom. The minimum atomic E-state index is -0.501. The maximum absolute atomic E-state index is 13.8. The summed E-state index contributed by atoms with van der Waals surface area (Å²) in [5.74, 6) is -0.714. The summed E-state index contributed by atoms with van der Waals surface area (Å²) >= 11 is 0. The molecule has 0 fully saturated rings. The number of halogens is 1. The SMILES string of the molecule is CC(C(=O)N1CC(=O)Nc2ccccc21)N(C)Cc1ccccc1F. The van der Waals surface area contributed by atoms with Gasteiger partial charge >= 0.3 is 0 Å². The lowest BCUT2D eigenvalue weighted by Crippen LogP contribution is -2.50. The number of likely N-dealkylation sites (N-methyl/N-ethyl adjacent to an activating group) is 1. The Balaban J connectivity index is 1.78. The van der Waals surface area contributed by atoms with Crippen LogP contribution < -0.4 is 10.2 Å². The monoisotopic (exact) mass is 341 g/mol. The van der Waals surface area contributed by atoms with Crippen molar-refractivity contribution in [1.82, 2.24) is 4.90 Å². The Morgan fingerprint density at radius 3 is 2.68 bits per heavy atom. The largest absolute Gasteiger partial charge is 0.323 e. The molecule has 6 heteroatoms. The molecule has 0 aliphatic carbocycles. The van der Waals surface area contributed by atoms with E-state index in [1.807, 2.05) is 6.07 Å². The molecule has 2 aromatic carbocycles. The quantitative estimate of drug-likeness (QED) is 0.930. The highest BCUT2D eigenvalue weighted by atomic mass is 19.1. The van der Waals surface area contributed by atoms with Gasteiger partial charge < -0.3 is 5.32 Å². The van der Waals surface area contributed by atoms with Crippen LogP contribution in [-0.4, -0.2) is 36.3 Å². The first kappa shape index (κ1) is 17.1. The molecule has 2 amide bonds. The van der Waals surface area contributed by atoms with E-state index in [1.54, 1.807) is 55.3 Å². The van der Waals surface area contributed by atoms with Crippen LogP contribution in [0.1, 0.15) is 12.5 Å². The molecule has 3 rings (SSSR count). The highest BCUT2D eigenvalue weighted by Gasteiger charge is 2.31. The van der Waals surface area contributed by atoms with Crippen LogP contribution >= 0.6 is 0 Å². The van der Waals surface area contributed by atoms with Gasteiger partial charge in [-0.25, -0.2) is 4.39 Å². The molecule has 25 heavy (non-hydrogen) atoms.